The van der Waals surface area contributed by atoms with E-state index in [4.69, 9.17) is 0 Å². The molecule has 0 bridgehead atoms. The lowest BCUT2D eigenvalue weighted by atomic mass is 9.99. The van der Waals surface area contributed by atoms with Crippen molar-refractivity contribution in [2.45, 2.75) is 32.4 Å². The molecule has 0 fully saturated rings. The van der Waals surface area contributed by atoms with Gasteiger partial charge in [0, 0.05) is 19.0 Å². The van der Waals surface area contributed by atoms with Crippen molar-refractivity contribution in [3.8, 4) is 0 Å². The van der Waals surface area contributed by atoms with Gasteiger partial charge in [-0.2, -0.15) is 0 Å². The fraction of sp³-hybridized carbons (Fsp3) is 0.500. The van der Waals surface area contributed by atoms with Gasteiger partial charge in [-0.15, -0.1) is 0 Å². The molecule has 1 aromatic rings. The number of amides is 1. The summed E-state index contributed by atoms with van der Waals surface area (Å²) in [5.41, 5.74) is 1.29. The molecule has 0 spiro atoms. The molecule has 1 aromatic carbocycles. The molecular formula is C14H22N2O. The Morgan fingerprint density at radius 2 is 1.88 bits per heavy atom. The second-order valence-electron chi connectivity index (χ2n) is 4.73. The lowest BCUT2D eigenvalue weighted by molar-refractivity contribution is -0.119. The molecule has 0 aliphatic rings. The first-order chi connectivity index (χ1) is 8.00. The molecule has 0 saturated carbocycles. The molecule has 0 radical (unpaired) electrons. The van der Waals surface area contributed by atoms with E-state index in [1.807, 2.05) is 13.0 Å². The van der Waals surface area contributed by atoms with Gasteiger partial charge in [0.15, 0.2) is 0 Å². The normalized spacial score (nSPS) is 14.4. The van der Waals surface area contributed by atoms with E-state index in [-0.39, 0.29) is 11.9 Å². The maximum Gasteiger partial charge on any atom is 0.217 e. The van der Waals surface area contributed by atoms with Crippen molar-refractivity contribution >= 4 is 5.91 Å². The molecule has 3 nitrogen and oxygen atoms in total. The van der Waals surface area contributed by atoms with Crippen LogP contribution in [0.1, 0.15) is 31.9 Å². The average molecular weight is 234 g/mol. The molecule has 0 saturated heterocycles. The molecule has 1 N–H and O–H groups in total. The van der Waals surface area contributed by atoms with Gasteiger partial charge in [0.05, 0.1) is 0 Å². The Hall–Kier alpha value is -1.35. The van der Waals surface area contributed by atoms with Crippen molar-refractivity contribution in [3.63, 3.8) is 0 Å². The van der Waals surface area contributed by atoms with E-state index in [1.54, 1.807) is 6.92 Å². The van der Waals surface area contributed by atoms with E-state index in [1.165, 1.54) is 5.56 Å². The van der Waals surface area contributed by atoms with Gasteiger partial charge in [-0.1, -0.05) is 30.3 Å². The standard InChI is InChI=1S/C14H22N2O/c1-11(15-12(2)17)10-14(16(3)4)13-8-6-5-7-9-13/h5-9,11,14H,10H2,1-4H3,(H,15,17)/t11-,14-/m0/s1. The number of rotatable bonds is 5. The van der Waals surface area contributed by atoms with Gasteiger partial charge in [-0.25, -0.2) is 0 Å². The van der Waals surface area contributed by atoms with E-state index in [2.05, 4.69) is 48.6 Å². The van der Waals surface area contributed by atoms with Crippen LogP contribution in [-0.2, 0) is 4.79 Å². The van der Waals surface area contributed by atoms with Gasteiger partial charge in [0.1, 0.15) is 0 Å². The van der Waals surface area contributed by atoms with Crippen molar-refractivity contribution < 1.29 is 4.79 Å². The van der Waals surface area contributed by atoms with Crippen LogP contribution < -0.4 is 5.32 Å². The van der Waals surface area contributed by atoms with Crippen LogP contribution in [-0.4, -0.2) is 30.9 Å². The summed E-state index contributed by atoms with van der Waals surface area (Å²) in [6.45, 7) is 3.60. The second kappa shape index (κ2) is 6.40. The Labute approximate surface area is 104 Å². The summed E-state index contributed by atoms with van der Waals surface area (Å²) in [4.78, 5) is 13.2. The Bertz CT molecular complexity index is 348. The summed E-state index contributed by atoms with van der Waals surface area (Å²) < 4.78 is 0. The zero-order valence-electron chi connectivity index (χ0n) is 11.1. The largest absolute Gasteiger partial charge is 0.354 e. The third kappa shape index (κ3) is 4.57. The Morgan fingerprint density at radius 1 is 1.29 bits per heavy atom. The summed E-state index contributed by atoms with van der Waals surface area (Å²) >= 11 is 0. The smallest absolute Gasteiger partial charge is 0.217 e. The van der Waals surface area contributed by atoms with Crippen LogP contribution >= 0.6 is 0 Å². The average Bonchev–Trinajstić information content (AvgIpc) is 2.25. The highest BCUT2D eigenvalue weighted by Gasteiger charge is 2.17. The first-order valence-corrected chi connectivity index (χ1v) is 5.99. The number of hydrogen-bond donors (Lipinski definition) is 1. The van der Waals surface area contributed by atoms with Crippen molar-refractivity contribution in [2.75, 3.05) is 14.1 Å². The molecule has 0 aromatic heterocycles. The van der Waals surface area contributed by atoms with E-state index < -0.39 is 0 Å². The SMILES string of the molecule is CC(=O)N[C@@H](C)C[C@@H](c1ccccc1)N(C)C. The van der Waals surface area contributed by atoms with Crippen LogP contribution in [0.4, 0.5) is 0 Å². The summed E-state index contributed by atoms with van der Waals surface area (Å²) in [5, 5.41) is 2.93. The fourth-order valence-corrected chi connectivity index (χ4v) is 2.06. The van der Waals surface area contributed by atoms with Gasteiger partial charge < -0.3 is 10.2 Å². The molecule has 2 atom stereocenters. The molecule has 1 rings (SSSR count). The van der Waals surface area contributed by atoms with Crippen LogP contribution in [0.2, 0.25) is 0 Å². The van der Waals surface area contributed by atoms with E-state index in [0.717, 1.165) is 6.42 Å². The zero-order chi connectivity index (χ0) is 12.8. The molecule has 1 amide bonds. The minimum Gasteiger partial charge on any atom is -0.354 e. The maximum atomic E-state index is 11.0. The third-order valence-corrected chi connectivity index (χ3v) is 2.83. The summed E-state index contributed by atoms with van der Waals surface area (Å²) in [5.74, 6) is 0.0306. The van der Waals surface area contributed by atoms with Crippen LogP contribution in [0.3, 0.4) is 0 Å². The first kappa shape index (κ1) is 13.7. The van der Waals surface area contributed by atoms with E-state index >= 15 is 0 Å². The van der Waals surface area contributed by atoms with Crippen LogP contribution in [0.25, 0.3) is 0 Å². The maximum absolute atomic E-state index is 11.0. The minimum absolute atomic E-state index is 0.0306. The highest BCUT2D eigenvalue weighted by molar-refractivity contribution is 5.73. The second-order valence-corrected chi connectivity index (χ2v) is 4.73. The molecule has 0 aliphatic heterocycles. The van der Waals surface area contributed by atoms with Gasteiger partial charge in [0.25, 0.3) is 0 Å². The lowest BCUT2D eigenvalue weighted by Crippen LogP contribution is -2.34. The number of nitrogens with one attached hydrogen (secondary N) is 1. The van der Waals surface area contributed by atoms with Crippen molar-refractivity contribution in [1.29, 1.82) is 0 Å². The van der Waals surface area contributed by atoms with E-state index in [0.29, 0.717) is 6.04 Å². The van der Waals surface area contributed by atoms with Gasteiger partial charge in [-0.05, 0) is 33.0 Å². The molecule has 0 heterocycles. The molecule has 94 valence electrons. The Morgan fingerprint density at radius 3 is 2.35 bits per heavy atom. The predicted molar refractivity (Wildman–Crippen MR) is 70.8 cm³/mol. The molecule has 0 aliphatic carbocycles. The van der Waals surface area contributed by atoms with Crippen molar-refractivity contribution in [3.05, 3.63) is 35.9 Å². The zero-order valence-corrected chi connectivity index (χ0v) is 11.1. The molecule has 3 heteroatoms. The Kier molecular flexibility index (Phi) is 5.16. The highest BCUT2D eigenvalue weighted by Crippen LogP contribution is 2.23. The van der Waals surface area contributed by atoms with E-state index in [9.17, 15) is 4.79 Å². The van der Waals surface area contributed by atoms with Crippen LogP contribution in [0, 0.1) is 0 Å². The number of carbonyl (C=O) groups excluding carboxylic acids is 1. The number of hydrogen-bond acceptors (Lipinski definition) is 2. The molecule has 17 heavy (non-hydrogen) atoms. The summed E-state index contributed by atoms with van der Waals surface area (Å²) in [7, 11) is 4.14. The van der Waals surface area contributed by atoms with Gasteiger partial charge in [0.2, 0.25) is 5.91 Å². The minimum atomic E-state index is 0.0306. The molecular weight excluding hydrogens is 212 g/mol. The fourth-order valence-electron chi connectivity index (χ4n) is 2.06. The Balaban J connectivity index is 2.71. The summed E-state index contributed by atoms with van der Waals surface area (Å²) in [6, 6.07) is 10.9. The molecule has 0 unspecified atom stereocenters. The first-order valence-electron chi connectivity index (χ1n) is 5.99. The number of carbonyl (C=O) groups is 1. The highest BCUT2D eigenvalue weighted by atomic mass is 16.1. The monoisotopic (exact) mass is 234 g/mol. The number of benzene rings is 1. The van der Waals surface area contributed by atoms with Gasteiger partial charge in [-0.3, -0.25) is 4.79 Å². The van der Waals surface area contributed by atoms with Crippen molar-refractivity contribution in [2.24, 2.45) is 0 Å². The quantitative estimate of drug-likeness (QED) is 0.847. The lowest BCUT2D eigenvalue weighted by Gasteiger charge is -2.27. The van der Waals surface area contributed by atoms with Crippen molar-refractivity contribution in [1.82, 2.24) is 10.2 Å². The number of nitrogens with zero attached hydrogens (tertiary/aromatic N) is 1. The summed E-state index contributed by atoms with van der Waals surface area (Å²) in [6.07, 6.45) is 0.913. The van der Waals surface area contributed by atoms with Crippen LogP contribution in [0.5, 0.6) is 0 Å². The third-order valence-electron chi connectivity index (χ3n) is 2.83. The topological polar surface area (TPSA) is 32.3 Å². The predicted octanol–water partition coefficient (Wildman–Crippen LogP) is 2.20. The van der Waals surface area contributed by atoms with Crippen LogP contribution in [0.15, 0.2) is 30.3 Å². The van der Waals surface area contributed by atoms with Gasteiger partial charge >= 0.3 is 0 Å².